The number of nitrogens with zero attached hydrogens (tertiary/aromatic N) is 3. The van der Waals surface area contributed by atoms with Gasteiger partial charge in [-0.25, -0.2) is 0 Å². The average Bonchev–Trinajstić information content (AvgIpc) is 3.86. The van der Waals surface area contributed by atoms with Crippen LogP contribution < -0.4 is 4.90 Å². The molecule has 200 valence electrons. The third-order valence-electron chi connectivity index (χ3n) is 8.78. The van der Waals surface area contributed by atoms with Gasteiger partial charge in [0.15, 0.2) is 0 Å². The Labute approximate surface area is 234 Å². The predicted molar refractivity (Wildman–Crippen MR) is 164 cm³/mol. The van der Waals surface area contributed by atoms with Crippen LogP contribution in [0.3, 0.4) is 0 Å². The highest BCUT2D eigenvalue weighted by Gasteiger charge is 2.40. The van der Waals surface area contributed by atoms with Gasteiger partial charge in [-0.05, 0) is 67.1 Å². The minimum absolute atomic E-state index is 0.338. The molecule has 0 atom stereocenters. The van der Waals surface area contributed by atoms with Crippen LogP contribution in [0.25, 0.3) is 0 Å². The molecule has 0 amide bonds. The number of hydrogen-bond donors (Lipinski definition) is 0. The van der Waals surface area contributed by atoms with Crippen LogP contribution in [-0.2, 0) is 5.54 Å². The summed E-state index contributed by atoms with van der Waals surface area (Å²) in [5, 5.41) is 0. The minimum Gasteiger partial charge on any atom is -0.369 e. The summed E-state index contributed by atoms with van der Waals surface area (Å²) in [5.74, 6) is 0.800. The van der Waals surface area contributed by atoms with Gasteiger partial charge in [0.05, 0.1) is 5.54 Å². The molecule has 1 saturated heterocycles. The molecule has 39 heavy (non-hydrogen) atoms. The summed E-state index contributed by atoms with van der Waals surface area (Å²) in [6.45, 7) is 6.69. The Morgan fingerprint density at radius 1 is 0.641 bits per heavy atom. The van der Waals surface area contributed by atoms with Crippen molar-refractivity contribution in [1.29, 1.82) is 0 Å². The van der Waals surface area contributed by atoms with Crippen molar-refractivity contribution >= 4 is 5.69 Å². The maximum atomic E-state index is 2.67. The fourth-order valence-electron chi connectivity index (χ4n) is 6.63. The van der Waals surface area contributed by atoms with Crippen LogP contribution in [0.15, 0.2) is 115 Å². The number of rotatable bonds is 10. The Hall–Kier alpha value is -3.40. The molecule has 0 bridgehead atoms. The zero-order valence-corrected chi connectivity index (χ0v) is 23.3. The molecule has 1 aliphatic heterocycles. The van der Waals surface area contributed by atoms with E-state index in [4.69, 9.17) is 0 Å². The summed E-state index contributed by atoms with van der Waals surface area (Å²) in [6, 6.07) is 42.2. The van der Waals surface area contributed by atoms with Crippen molar-refractivity contribution < 1.29 is 0 Å². The molecule has 4 aromatic rings. The molecule has 3 nitrogen and oxygen atoms in total. The van der Waals surface area contributed by atoms with E-state index in [1.54, 1.807) is 5.56 Å². The molecular weight excluding hydrogens is 474 g/mol. The van der Waals surface area contributed by atoms with Crippen molar-refractivity contribution in [3.05, 3.63) is 138 Å². The fraction of sp³-hybridized carbons (Fsp3) is 0.333. The standard InChI is InChI=1S/C36H41N3/c1-37(24-13-25-38-26-28-39(29-27-38)35-21-12-11-20-34(35)30-22-23-30)36(31-14-5-2-6-15-31,32-16-7-3-8-17-32)33-18-9-4-10-19-33/h2-12,14-21,30H,13,22-29H2,1H3. The van der Waals surface area contributed by atoms with E-state index in [1.165, 1.54) is 35.2 Å². The molecule has 0 unspecified atom stereocenters. The fourth-order valence-corrected chi connectivity index (χ4v) is 6.63. The van der Waals surface area contributed by atoms with E-state index in [0.29, 0.717) is 0 Å². The zero-order chi connectivity index (χ0) is 26.5. The highest BCUT2D eigenvalue weighted by molar-refractivity contribution is 5.56. The Bertz CT molecular complexity index is 1210. The maximum absolute atomic E-state index is 2.67. The van der Waals surface area contributed by atoms with Gasteiger partial charge in [-0.3, -0.25) is 9.80 Å². The number of anilines is 1. The van der Waals surface area contributed by atoms with Crippen molar-refractivity contribution in [3.63, 3.8) is 0 Å². The molecule has 0 N–H and O–H groups in total. The molecule has 0 aromatic heterocycles. The van der Waals surface area contributed by atoms with E-state index in [1.807, 2.05) is 0 Å². The monoisotopic (exact) mass is 515 g/mol. The lowest BCUT2D eigenvalue weighted by Crippen LogP contribution is -2.49. The quantitative estimate of drug-likeness (QED) is 0.211. The molecule has 0 radical (unpaired) electrons. The predicted octanol–water partition coefficient (Wildman–Crippen LogP) is 7.00. The van der Waals surface area contributed by atoms with Gasteiger partial charge in [0.2, 0.25) is 0 Å². The lowest BCUT2D eigenvalue weighted by molar-refractivity contribution is 0.177. The summed E-state index contributed by atoms with van der Waals surface area (Å²) in [6.07, 6.45) is 3.87. The smallest absolute Gasteiger partial charge is 0.0970 e. The van der Waals surface area contributed by atoms with Crippen LogP contribution in [0, 0.1) is 0 Å². The van der Waals surface area contributed by atoms with E-state index in [0.717, 1.165) is 51.6 Å². The molecular formula is C36H41N3. The largest absolute Gasteiger partial charge is 0.369 e. The van der Waals surface area contributed by atoms with E-state index >= 15 is 0 Å². The normalized spacial score (nSPS) is 16.5. The Morgan fingerprint density at radius 2 is 1.13 bits per heavy atom. The molecule has 1 aliphatic carbocycles. The van der Waals surface area contributed by atoms with Gasteiger partial charge in [0, 0.05) is 38.4 Å². The van der Waals surface area contributed by atoms with Crippen molar-refractivity contribution in [2.24, 2.45) is 0 Å². The molecule has 1 heterocycles. The molecule has 2 aliphatic rings. The Balaban J connectivity index is 1.16. The second-order valence-electron chi connectivity index (χ2n) is 11.2. The summed E-state index contributed by atoms with van der Waals surface area (Å²) >= 11 is 0. The lowest BCUT2D eigenvalue weighted by atomic mass is 9.75. The highest BCUT2D eigenvalue weighted by atomic mass is 15.3. The second kappa shape index (κ2) is 11.8. The Morgan fingerprint density at radius 3 is 1.64 bits per heavy atom. The SMILES string of the molecule is CN(CCCN1CCN(c2ccccc2C2CC2)CC1)C(c1ccccc1)(c1ccccc1)c1ccccc1. The van der Waals surface area contributed by atoms with Crippen LogP contribution in [0.4, 0.5) is 5.69 Å². The third-order valence-corrected chi connectivity index (χ3v) is 8.78. The molecule has 6 rings (SSSR count). The molecule has 3 heteroatoms. The number of hydrogen-bond acceptors (Lipinski definition) is 3. The van der Waals surface area contributed by atoms with Gasteiger partial charge in [0.1, 0.15) is 0 Å². The zero-order valence-electron chi connectivity index (χ0n) is 23.3. The summed E-state index contributed by atoms with van der Waals surface area (Å²) < 4.78 is 0. The maximum Gasteiger partial charge on any atom is 0.0970 e. The molecule has 4 aromatic carbocycles. The first-order chi connectivity index (χ1) is 19.3. The first-order valence-corrected chi connectivity index (χ1v) is 14.7. The lowest BCUT2D eigenvalue weighted by Gasteiger charge is -2.44. The Kier molecular flexibility index (Phi) is 7.81. The van der Waals surface area contributed by atoms with Gasteiger partial charge in [-0.15, -0.1) is 0 Å². The number of para-hydroxylation sites is 1. The summed E-state index contributed by atoms with van der Waals surface area (Å²) in [4.78, 5) is 7.87. The average molecular weight is 516 g/mol. The van der Waals surface area contributed by atoms with Crippen LogP contribution in [0.2, 0.25) is 0 Å². The van der Waals surface area contributed by atoms with Gasteiger partial charge in [0.25, 0.3) is 0 Å². The van der Waals surface area contributed by atoms with Crippen LogP contribution in [0.1, 0.15) is 47.4 Å². The van der Waals surface area contributed by atoms with E-state index in [-0.39, 0.29) is 5.54 Å². The molecule has 2 fully saturated rings. The van der Waals surface area contributed by atoms with Gasteiger partial charge in [-0.2, -0.15) is 0 Å². The number of benzene rings is 4. The van der Waals surface area contributed by atoms with Crippen molar-refractivity contribution in [1.82, 2.24) is 9.80 Å². The second-order valence-corrected chi connectivity index (χ2v) is 11.2. The van der Waals surface area contributed by atoms with Crippen LogP contribution >= 0.6 is 0 Å². The van der Waals surface area contributed by atoms with Crippen molar-refractivity contribution in [2.45, 2.75) is 30.7 Å². The topological polar surface area (TPSA) is 9.72 Å². The molecule has 0 spiro atoms. The minimum atomic E-state index is -0.338. The first kappa shape index (κ1) is 25.9. The van der Waals surface area contributed by atoms with E-state index in [9.17, 15) is 0 Å². The third kappa shape index (κ3) is 5.39. The van der Waals surface area contributed by atoms with Gasteiger partial charge in [-0.1, -0.05) is 109 Å². The first-order valence-electron chi connectivity index (χ1n) is 14.7. The summed E-state index contributed by atoms with van der Waals surface area (Å²) in [7, 11) is 2.31. The van der Waals surface area contributed by atoms with Crippen LogP contribution in [-0.4, -0.2) is 56.1 Å². The van der Waals surface area contributed by atoms with Crippen LogP contribution in [0.5, 0.6) is 0 Å². The van der Waals surface area contributed by atoms with Crippen molar-refractivity contribution in [2.75, 3.05) is 51.2 Å². The number of piperazine rings is 1. The van der Waals surface area contributed by atoms with Crippen molar-refractivity contribution in [3.8, 4) is 0 Å². The molecule has 1 saturated carbocycles. The van der Waals surface area contributed by atoms with Gasteiger partial charge >= 0.3 is 0 Å². The van der Waals surface area contributed by atoms with E-state index < -0.39 is 0 Å². The van der Waals surface area contributed by atoms with Gasteiger partial charge < -0.3 is 4.90 Å². The van der Waals surface area contributed by atoms with E-state index in [2.05, 4.69) is 137 Å². The highest BCUT2D eigenvalue weighted by Crippen LogP contribution is 2.44. The summed E-state index contributed by atoms with van der Waals surface area (Å²) in [5.41, 5.74) is 6.66.